The monoisotopic (exact) mass is 527 g/mol. The van der Waals surface area contributed by atoms with Crippen LogP contribution in [0.15, 0.2) is 67.3 Å². The number of carbonyl (C=O) groups is 1. The summed E-state index contributed by atoms with van der Waals surface area (Å²) in [6, 6.07) is 12.6. The first-order chi connectivity index (χ1) is 19.1. The summed E-state index contributed by atoms with van der Waals surface area (Å²) in [5, 5.41) is 3.15. The Morgan fingerprint density at radius 2 is 1.95 bits per heavy atom. The lowest BCUT2D eigenvalue weighted by Gasteiger charge is -2.33. The highest BCUT2D eigenvalue weighted by atomic mass is 16.5. The summed E-state index contributed by atoms with van der Waals surface area (Å²) in [5.41, 5.74) is 1.57. The zero-order valence-corrected chi connectivity index (χ0v) is 21.8. The van der Waals surface area contributed by atoms with Crippen LogP contribution in [0.25, 0.3) is 11.3 Å². The SMILES string of the molecule is CCOc1cccnc1OC1CCCN(c2cncc(Nc3nccc(-c4ccc(OC(C)=O)cc4)n3)n2)C1. The molecule has 1 saturated heterocycles. The van der Waals surface area contributed by atoms with Gasteiger partial charge in [0, 0.05) is 31.4 Å². The van der Waals surface area contributed by atoms with Gasteiger partial charge in [0.05, 0.1) is 31.2 Å². The molecule has 11 nitrogen and oxygen atoms in total. The molecule has 200 valence electrons. The van der Waals surface area contributed by atoms with E-state index in [4.69, 9.17) is 19.2 Å². The standard InChI is InChI=1S/C28H29N7O4/c1-3-37-24-7-4-13-30-27(24)39-22-6-5-15-35(18-22)26-17-29-16-25(33-26)34-28-31-14-12-23(32-28)20-8-10-21(11-9-20)38-19(2)36/h4,7-14,16-17,22H,3,5-6,15,18H2,1-2H3,(H,31,32,33,34). The van der Waals surface area contributed by atoms with E-state index in [0.29, 0.717) is 48.0 Å². The van der Waals surface area contributed by atoms with E-state index in [2.05, 4.69) is 30.2 Å². The van der Waals surface area contributed by atoms with Crippen molar-refractivity contribution in [1.82, 2.24) is 24.9 Å². The van der Waals surface area contributed by atoms with Crippen LogP contribution in [0, 0.1) is 0 Å². The fourth-order valence-electron chi connectivity index (χ4n) is 4.25. The van der Waals surface area contributed by atoms with Gasteiger partial charge >= 0.3 is 5.97 Å². The van der Waals surface area contributed by atoms with Gasteiger partial charge in [-0.1, -0.05) is 0 Å². The molecular formula is C28H29N7O4. The zero-order chi connectivity index (χ0) is 27.0. The van der Waals surface area contributed by atoms with Gasteiger partial charge in [-0.3, -0.25) is 9.78 Å². The normalized spacial score (nSPS) is 14.9. The molecule has 3 aromatic heterocycles. The van der Waals surface area contributed by atoms with Gasteiger partial charge in [0.2, 0.25) is 5.95 Å². The van der Waals surface area contributed by atoms with Crippen molar-refractivity contribution in [2.75, 3.05) is 29.9 Å². The van der Waals surface area contributed by atoms with Crippen molar-refractivity contribution in [3.8, 4) is 28.6 Å². The third kappa shape index (κ3) is 6.75. The van der Waals surface area contributed by atoms with Gasteiger partial charge < -0.3 is 24.4 Å². The van der Waals surface area contributed by atoms with Gasteiger partial charge in [-0.25, -0.2) is 19.9 Å². The number of hydrogen-bond acceptors (Lipinski definition) is 11. The van der Waals surface area contributed by atoms with E-state index in [1.165, 1.54) is 6.92 Å². The molecule has 1 N–H and O–H groups in total. The molecule has 0 radical (unpaired) electrons. The highest BCUT2D eigenvalue weighted by Gasteiger charge is 2.24. The molecule has 0 bridgehead atoms. The number of aromatic nitrogens is 5. The number of hydrogen-bond donors (Lipinski definition) is 1. The van der Waals surface area contributed by atoms with Crippen molar-refractivity contribution in [2.24, 2.45) is 0 Å². The molecule has 5 rings (SSSR count). The topological polar surface area (TPSA) is 124 Å². The largest absolute Gasteiger partial charge is 0.488 e. The number of nitrogens with zero attached hydrogens (tertiary/aromatic N) is 6. The van der Waals surface area contributed by atoms with Gasteiger partial charge in [-0.05, 0) is 62.2 Å². The Balaban J connectivity index is 1.26. The van der Waals surface area contributed by atoms with Crippen LogP contribution in [0.4, 0.5) is 17.6 Å². The maximum Gasteiger partial charge on any atom is 0.308 e. The average Bonchev–Trinajstić information content (AvgIpc) is 2.95. The first kappa shape index (κ1) is 25.8. The Hall–Kier alpha value is -4.80. The molecule has 11 heteroatoms. The highest BCUT2D eigenvalue weighted by Crippen LogP contribution is 2.28. The fourth-order valence-corrected chi connectivity index (χ4v) is 4.25. The summed E-state index contributed by atoms with van der Waals surface area (Å²) >= 11 is 0. The summed E-state index contributed by atoms with van der Waals surface area (Å²) in [7, 11) is 0. The number of piperidine rings is 1. The summed E-state index contributed by atoms with van der Waals surface area (Å²) in [6.45, 7) is 5.34. The molecule has 1 unspecified atom stereocenters. The van der Waals surface area contributed by atoms with Crippen LogP contribution in [0.2, 0.25) is 0 Å². The van der Waals surface area contributed by atoms with Crippen LogP contribution in [-0.4, -0.2) is 56.7 Å². The van der Waals surface area contributed by atoms with Crippen LogP contribution >= 0.6 is 0 Å². The Morgan fingerprint density at radius 3 is 2.77 bits per heavy atom. The molecule has 1 atom stereocenters. The Labute approximate surface area is 226 Å². The van der Waals surface area contributed by atoms with E-state index in [9.17, 15) is 4.79 Å². The molecule has 4 aromatic rings. The van der Waals surface area contributed by atoms with E-state index in [1.54, 1.807) is 43.0 Å². The van der Waals surface area contributed by atoms with Crippen molar-refractivity contribution >= 4 is 23.6 Å². The molecule has 1 aliphatic heterocycles. The number of pyridine rings is 1. The van der Waals surface area contributed by atoms with Gasteiger partial charge in [-0.2, -0.15) is 0 Å². The molecule has 1 fully saturated rings. The number of benzene rings is 1. The first-order valence-corrected chi connectivity index (χ1v) is 12.8. The van der Waals surface area contributed by atoms with Gasteiger partial charge in [0.15, 0.2) is 11.6 Å². The summed E-state index contributed by atoms with van der Waals surface area (Å²) in [6.07, 6.45) is 8.54. The molecule has 0 spiro atoms. The zero-order valence-electron chi connectivity index (χ0n) is 21.8. The lowest BCUT2D eigenvalue weighted by molar-refractivity contribution is -0.131. The first-order valence-electron chi connectivity index (χ1n) is 12.8. The van der Waals surface area contributed by atoms with Crippen molar-refractivity contribution < 1.29 is 19.0 Å². The molecule has 0 saturated carbocycles. The molecule has 0 aliphatic carbocycles. The van der Waals surface area contributed by atoms with E-state index in [1.807, 2.05) is 31.2 Å². The van der Waals surface area contributed by atoms with E-state index < -0.39 is 0 Å². The van der Waals surface area contributed by atoms with Crippen molar-refractivity contribution in [3.63, 3.8) is 0 Å². The highest BCUT2D eigenvalue weighted by molar-refractivity contribution is 5.70. The maximum atomic E-state index is 11.2. The summed E-state index contributed by atoms with van der Waals surface area (Å²) < 4.78 is 17.0. The lowest BCUT2D eigenvalue weighted by Crippen LogP contribution is -2.41. The van der Waals surface area contributed by atoms with Gasteiger partial charge in [-0.15, -0.1) is 0 Å². The maximum absolute atomic E-state index is 11.2. The predicted octanol–water partition coefficient (Wildman–Crippen LogP) is 4.44. The molecule has 1 aromatic carbocycles. The fraction of sp³-hybridized carbons (Fsp3) is 0.286. The van der Waals surface area contributed by atoms with Crippen LogP contribution in [0.5, 0.6) is 17.4 Å². The summed E-state index contributed by atoms with van der Waals surface area (Å²) in [4.78, 5) is 35.7. The predicted molar refractivity (Wildman–Crippen MR) is 145 cm³/mol. The molecule has 4 heterocycles. The number of anilines is 3. The number of nitrogens with one attached hydrogen (secondary N) is 1. The van der Waals surface area contributed by atoms with Crippen molar-refractivity contribution in [2.45, 2.75) is 32.8 Å². The van der Waals surface area contributed by atoms with Gasteiger partial charge in [0.1, 0.15) is 17.7 Å². The second-order valence-corrected chi connectivity index (χ2v) is 8.84. The van der Waals surface area contributed by atoms with Crippen LogP contribution in [0.1, 0.15) is 26.7 Å². The van der Waals surface area contributed by atoms with E-state index in [0.717, 1.165) is 30.8 Å². The molecule has 39 heavy (non-hydrogen) atoms. The Morgan fingerprint density at radius 1 is 1.08 bits per heavy atom. The van der Waals surface area contributed by atoms with Crippen molar-refractivity contribution in [3.05, 3.63) is 67.3 Å². The van der Waals surface area contributed by atoms with Crippen molar-refractivity contribution in [1.29, 1.82) is 0 Å². The Bertz CT molecular complexity index is 1420. The third-order valence-corrected chi connectivity index (χ3v) is 5.95. The second kappa shape index (κ2) is 12.2. The van der Waals surface area contributed by atoms with Gasteiger partial charge in [0.25, 0.3) is 5.88 Å². The third-order valence-electron chi connectivity index (χ3n) is 5.95. The Kier molecular flexibility index (Phi) is 8.06. The van der Waals surface area contributed by atoms with Crippen LogP contribution < -0.4 is 24.4 Å². The van der Waals surface area contributed by atoms with Crippen LogP contribution in [0.3, 0.4) is 0 Å². The average molecular weight is 528 g/mol. The van der Waals surface area contributed by atoms with E-state index in [-0.39, 0.29) is 12.1 Å². The molecule has 0 amide bonds. The smallest absolute Gasteiger partial charge is 0.308 e. The summed E-state index contributed by atoms with van der Waals surface area (Å²) in [5.74, 6) is 2.91. The number of rotatable bonds is 9. The number of esters is 1. The lowest BCUT2D eigenvalue weighted by atomic mass is 10.1. The minimum atomic E-state index is -0.365. The molecular weight excluding hydrogens is 498 g/mol. The van der Waals surface area contributed by atoms with E-state index >= 15 is 0 Å². The molecule has 1 aliphatic rings. The quantitative estimate of drug-likeness (QED) is 0.245. The second-order valence-electron chi connectivity index (χ2n) is 8.84. The number of carbonyl (C=O) groups excluding carboxylic acids is 1. The van der Waals surface area contributed by atoms with Crippen LogP contribution in [-0.2, 0) is 4.79 Å². The minimum Gasteiger partial charge on any atom is -0.488 e. The number of ether oxygens (including phenoxy) is 3. The minimum absolute atomic E-state index is 0.0569.